The third-order valence-corrected chi connectivity index (χ3v) is 5.65. The van der Waals surface area contributed by atoms with Crippen LogP contribution in [0.15, 0.2) is 36.4 Å². The van der Waals surface area contributed by atoms with Crippen LogP contribution in [-0.4, -0.2) is 30.6 Å². The van der Waals surface area contributed by atoms with Gasteiger partial charge < -0.3 is 14.8 Å². The van der Waals surface area contributed by atoms with Crippen LogP contribution in [0, 0.1) is 10.1 Å². The second-order valence-corrected chi connectivity index (χ2v) is 7.14. The zero-order chi connectivity index (χ0) is 22.8. The number of carbonyl (C=O) groups excluding carboxylic acids is 2. The molecule has 3 rings (SSSR count). The number of nitrogens with one attached hydrogen (secondary N) is 1. The van der Waals surface area contributed by atoms with E-state index in [9.17, 15) is 19.7 Å². The molecule has 1 aliphatic heterocycles. The van der Waals surface area contributed by atoms with Gasteiger partial charge in [-0.05, 0) is 50.1 Å². The highest BCUT2D eigenvalue weighted by Gasteiger charge is 2.44. The van der Waals surface area contributed by atoms with Crippen LogP contribution in [0.3, 0.4) is 0 Å². The monoisotopic (exact) mass is 427 g/mol. The molecule has 1 aliphatic rings. The molecule has 1 heterocycles. The summed E-state index contributed by atoms with van der Waals surface area (Å²) >= 11 is 0. The summed E-state index contributed by atoms with van der Waals surface area (Å²) in [4.78, 5) is 37.9. The molecule has 9 nitrogen and oxygen atoms in total. The second-order valence-electron chi connectivity index (χ2n) is 7.14. The minimum absolute atomic E-state index is 0.0462. The van der Waals surface area contributed by atoms with E-state index in [0.29, 0.717) is 42.0 Å². The van der Waals surface area contributed by atoms with Crippen LogP contribution in [0.5, 0.6) is 5.75 Å². The van der Waals surface area contributed by atoms with Crippen molar-refractivity contribution in [2.75, 3.05) is 23.9 Å². The average molecular weight is 427 g/mol. The van der Waals surface area contributed by atoms with Gasteiger partial charge in [0.25, 0.3) is 11.6 Å². The summed E-state index contributed by atoms with van der Waals surface area (Å²) in [6.07, 6.45) is 0.440. The van der Waals surface area contributed by atoms with Crippen LogP contribution in [0.25, 0.3) is 0 Å². The number of nitro groups is 1. The normalized spacial score (nSPS) is 14.5. The number of hydrogen-bond acceptors (Lipinski definition) is 6. The van der Waals surface area contributed by atoms with Gasteiger partial charge in [-0.25, -0.2) is 4.79 Å². The van der Waals surface area contributed by atoms with Crippen molar-refractivity contribution in [1.29, 1.82) is 0 Å². The van der Waals surface area contributed by atoms with E-state index in [-0.39, 0.29) is 11.4 Å². The molecule has 0 spiro atoms. The Balaban J connectivity index is 2.11. The molecule has 0 fully saturated rings. The van der Waals surface area contributed by atoms with Gasteiger partial charge in [-0.2, -0.15) is 0 Å². The second kappa shape index (κ2) is 8.63. The number of ether oxygens (including phenoxy) is 2. The van der Waals surface area contributed by atoms with Crippen molar-refractivity contribution in [3.63, 3.8) is 0 Å². The fraction of sp³-hybridized carbons (Fsp3) is 0.364. The SMILES string of the molecule is CCN1C(=O)OC(CC)(CC)c2cc(NC(=O)c3ccc(OC)cc3)c([N+](=O)[O-])cc21. The highest BCUT2D eigenvalue weighted by molar-refractivity contribution is 6.06. The zero-order valence-corrected chi connectivity index (χ0v) is 17.9. The molecule has 0 saturated heterocycles. The Labute approximate surface area is 180 Å². The van der Waals surface area contributed by atoms with E-state index in [2.05, 4.69) is 5.32 Å². The Morgan fingerprint density at radius 2 is 1.84 bits per heavy atom. The lowest BCUT2D eigenvalue weighted by atomic mass is 9.85. The minimum atomic E-state index is -0.924. The Kier molecular flexibility index (Phi) is 6.14. The van der Waals surface area contributed by atoms with E-state index in [1.807, 2.05) is 13.8 Å². The van der Waals surface area contributed by atoms with E-state index in [4.69, 9.17) is 9.47 Å². The molecule has 0 unspecified atom stereocenters. The quantitative estimate of drug-likeness (QED) is 0.500. The Morgan fingerprint density at radius 3 is 2.35 bits per heavy atom. The van der Waals surface area contributed by atoms with Crippen LogP contribution in [0.2, 0.25) is 0 Å². The molecule has 1 N–H and O–H groups in total. The van der Waals surface area contributed by atoms with Crippen molar-refractivity contribution in [2.45, 2.75) is 39.2 Å². The van der Waals surface area contributed by atoms with Gasteiger partial charge >= 0.3 is 6.09 Å². The van der Waals surface area contributed by atoms with Crippen molar-refractivity contribution in [3.05, 3.63) is 57.6 Å². The number of benzene rings is 2. The van der Waals surface area contributed by atoms with Gasteiger partial charge in [0.2, 0.25) is 0 Å². The summed E-state index contributed by atoms with van der Waals surface area (Å²) in [5.41, 5.74) is 0.213. The molecule has 31 heavy (non-hydrogen) atoms. The van der Waals surface area contributed by atoms with Gasteiger partial charge in [0.05, 0.1) is 17.7 Å². The van der Waals surface area contributed by atoms with Crippen molar-refractivity contribution in [3.8, 4) is 5.75 Å². The fourth-order valence-corrected chi connectivity index (χ4v) is 3.80. The Morgan fingerprint density at radius 1 is 1.19 bits per heavy atom. The first-order chi connectivity index (χ1) is 14.8. The third-order valence-electron chi connectivity index (χ3n) is 5.65. The van der Waals surface area contributed by atoms with Crippen LogP contribution in [0.4, 0.5) is 21.9 Å². The van der Waals surface area contributed by atoms with Crippen molar-refractivity contribution in [2.24, 2.45) is 0 Å². The van der Waals surface area contributed by atoms with E-state index in [1.165, 1.54) is 18.1 Å². The summed E-state index contributed by atoms with van der Waals surface area (Å²) in [6, 6.07) is 9.30. The number of amides is 2. The first-order valence-electron chi connectivity index (χ1n) is 10.1. The summed E-state index contributed by atoms with van der Waals surface area (Å²) in [5.74, 6) is 0.0953. The maximum Gasteiger partial charge on any atom is 0.415 e. The van der Waals surface area contributed by atoms with Crippen molar-refractivity contribution in [1.82, 2.24) is 0 Å². The maximum absolute atomic E-state index is 12.8. The predicted octanol–water partition coefficient (Wildman–Crippen LogP) is 4.85. The molecule has 0 saturated carbocycles. The number of hydrogen-bond donors (Lipinski definition) is 1. The van der Waals surface area contributed by atoms with E-state index >= 15 is 0 Å². The maximum atomic E-state index is 12.8. The molecule has 2 aromatic carbocycles. The topological polar surface area (TPSA) is 111 Å². The molecule has 9 heteroatoms. The Bertz CT molecular complexity index is 1010. The molecule has 164 valence electrons. The number of nitro benzene ring substituents is 1. The van der Waals surface area contributed by atoms with Crippen LogP contribution in [-0.2, 0) is 10.3 Å². The first kappa shape index (κ1) is 22.1. The van der Waals surface area contributed by atoms with E-state index < -0.39 is 22.5 Å². The predicted molar refractivity (Wildman–Crippen MR) is 116 cm³/mol. The van der Waals surface area contributed by atoms with Crippen LogP contribution in [0.1, 0.15) is 49.5 Å². The number of methoxy groups -OCH3 is 1. The number of nitrogens with zero attached hydrogens (tertiary/aromatic N) is 2. The largest absolute Gasteiger partial charge is 0.497 e. The van der Waals surface area contributed by atoms with Crippen LogP contribution < -0.4 is 15.0 Å². The summed E-state index contributed by atoms with van der Waals surface area (Å²) in [7, 11) is 1.52. The molecule has 2 amide bonds. The van der Waals surface area contributed by atoms with E-state index in [1.54, 1.807) is 37.3 Å². The molecule has 0 aliphatic carbocycles. The lowest BCUT2D eigenvalue weighted by molar-refractivity contribution is -0.383. The summed E-state index contributed by atoms with van der Waals surface area (Å²) in [5, 5.41) is 14.4. The number of carbonyl (C=O) groups is 2. The minimum Gasteiger partial charge on any atom is -0.497 e. The molecular weight excluding hydrogens is 402 g/mol. The molecule has 2 aromatic rings. The van der Waals surface area contributed by atoms with Crippen molar-refractivity contribution >= 4 is 29.1 Å². The number of rotatable bonds is 7. The molecular formula is C22H25N3O6. The number of cyclic esters (lactones) is 1. The van der Waals surface area contributed by atoms with Gasteiger partial charge in [-0.1, -0.05) is 13.8 Å². The van der Waals surface area contributed by atoms with Gasteiger partial charge in [0.1, 0.15) is 17.0 Å². The first-order valence-corrected chi connectivity index (χ1v) is 10.1. The summed E-state index contributed by atoms with van der Waals surface area (Å²) < 4.78 is 10.9. The van der Waals surface area contributed by atoms with Gasteiger partial charge in [-0.15, -0.1) is 0 Å². The lowest BCUT2D eigenvalue weighted by Crippen LogP contribution is -2.45. The highest BCUT2D eigenvalue weighted by atomic mass is 16.6. The number of anilines is 2. The molecule has 0 radical (unpaired) electrons. The standard InChI is InChI=1S/C22H25N3O6/c1-5-22(6-2)16-12-17(23-20(26)14-8-10-15(30-4)11-9-14)19(25(28)29)13-18(16)24(7-3)21(27)31-22/h8-13H,5-7H2,1-4H3,(H,23,26). The fourth-order valence-electron chi connectivity index (χ4n) is 3.80. The zero-order valence-electron chi connectivity index (χ0n) is 17.9. The average Bonchev–Trinajstić information content (AvgIpc) is 2.78. The highest BCUT2D eigenvalue weighted by Crippen LogP contribution is 2.47. The summed E-state index contributed by atoms with van der Waals surface area (Å²) in [6.45, 7) is 5.84. The lowest BCUT2D eigenvalue weighted by Gasteiger charge is -2.41. The van der Waals surface area contributed by atoms with Crippen molar-refractivity contribution < 1.29 is 24.0 Å². The number of fused-ring (bicyclic) bond motifs is 1. The molecule has 0 aromatic heterocycles. The van der Waals surface area contributed by atoms with Gasteiger partial charge in [-0.3, -0.25) is 19.8 Å². The van der Waals surface area contributed by atoms with Gasteiger partial charge in [0, 0.05) is 23.7 Å². The smallest absolute Gasteiger partial charge is 0.415 e. The molecule has 0 atom stereocenters. The van der Waals surface area contributed by atoms with Gasteiger partial charge in [0.15, 0.2) is 0 Å². The molecule has 0 bridgehead atoms. The Hall–Kier alpha value is -3.62. The third kappa shape index (κ3) is 3.90. The van der Waals surface area contributed by atoms with Crippen LogP contribution >= 0.6 is 0 Å². The van der Waals surface area contributed by atoms with E-state index in [0.717, 1.165) is 0 Å².